The van der Waals surface area contributed by atoms with Gasteiger partial charge in [0, 0.05) is 13.1 Å². The summed E-state index contributed by atoms with van der Waals surface area (Å²) in [6.07, 6.45) is 4.17. The fourth-order valence-electron chi connectivity index (χ4n) is 2.97. The van der Waals surface area contributed by atoms with Crippen LogP contribution in [0.2, 0.25) is 0 Å². The minimum atomic E-state index is -1.27. The topological polar surface area (TPSA) is 176 Å². The van der Waals surface area contributed by atoms with Crippen molar-refractivity contribution in [2.45, 2.75) is 92.2 Å². The second kappa shape index (κ2) is 23.3. The van der Waals surface area contributed by atoms with Crippen LogP contribution in [0.15, 0.2) is 0 Å². The van der Waals surface area contributed by atoms with Gasteiger partial charge >= 0.3 is 47.3 Å². The van der Waals surface area contributed by atoms with Gasteiger partial charge in [0.25, 0.3) is 0 Å². The quantitative estimate of drug-likeness (QED) is 0.0721. The fourth-order valence-corrected chi connectivity index (χ4v) is 2.97. The number of carboxylic acids is 2. The molecule has 0 aliphatic heterocycles. The number of nitrogens with one attached hydrogen (secondary N) is 2. The van der Waals surface area contributed by atoms with Crippen LogP contribution in [0.1, 0.15) is 80.1 Å². The van der Waals surface area contributed by atoms with E-state index in [-0.39, 0.29) is 54.0 Å². The number of aliphatic carboxylic acids is 2. The van der Waals surface area contributed by atoms with Gasteiger partial charge in [0.1, 0.15) is 6.04 Å². The van der Waals surface area contributed by atoms with E-state index in [0.717, 1.165) is 22.9 Å². The predicted molar refractivity (Wildman–Crippen MR) is 131 cm³/mol. The summed E-state index contributed by atoms with van der Waals surface area (Å²) in [4.78, 5) is 65.7. The Bertz CT molecular complexity index is 648. The SMILES string of the molecule is CCCCN(N[C@@H](CC(C)C)C(=O)O)C(=O)C=O.CCCCN(N[C@@H](CC(C)C)C(=O)[O-])C(=O)C=O.[Na+]. The Morgan fingerprint density at radius 3 is 1.41 bits per heavy atom. The Morgan fingerprint density at radius 2 is 1.14 bits per heavy atom. The molecular weight excluding hydrogens is 495 g/mol. The van der Waals surface area contributed by atoms with Gasteiger partial charge in [-0.2, -0.15) is 0 Å². The zero-order valence-corrected chi connectivity index (χ0v) is 25.3. The number of aldehydes is 2. The molecule has 2 amide bonds. The van der Waals surface area contributed by atoms with Gasteiger partial charge in [0.05, 0.1) is 12.0 Å². The van der Waals surface area contributed by atoms with Crippen LogP contribution in [0.4, 0.5) is 0 Å². The molecule has 0 saturated carbocycles. The summed E-state index contributed by atoms with van der Waals surface area (Å²) in [5.41, 5.74) is 5.18. The number of carbonyl (C=O) groups is 6. The van der Waals surface area contributed by atoms with E-state index >= 15 is 0 Å². The third kappa shape index (κ3) is 19.9. The van der Waals surface area contributed by atoms with Crippen molar-refractivity contribution < 1.29 is 68.5 Å². The summed E-state index contributed by atoms with van der Waals surface area (Å²) in [5.74, 6) is -3.48. The van der Waals surface area contributed by atoms with Crippen molar-refractivity contribution in [3.05, 3.63) is 0 Å². The van der Waals surface area contributed by atoms with Crippen molar-refractivity contribution in [3.8, 4) is 0 Å². The number of rotatable bonds is 18. The molecule has 0 aromatic carbocycles. The Kier molecular flexibility index (Phi) is 24.9. The van der Waals surface area contributed by atoms with Crippen molar-refractivity contribution in [2.75, 3.05) is 13.1 Å². The van der Waals surface area contributed by atoms with E-state index in [1.165, 1.54) is 0 Å². The third-order valence-corrected chi connectivity index (χ3v) is 4.82. The molecule has 208 valence electrons. The molecular formula is C24H43N4NaO8. The summed E-state index contributed by atoms with van der Waals surface area (Å²) in [6, 6.07) is -1.82. The first-order valence-electron chi connectivity index (χ1n) is 12.3. The summed E-state index contributed by atoms with van der Waals surface area (Å²) in [5, 5.41) is 22.2. The zero-order chi connectivity index (χ0) is 28.3. The van der Waals surface area contributed by atoms with Gasteiger partial charge in [-0.25, -0.2) is 10.9 Å². The number of unbranched alkanes of at least 4 members (excludes halogenated alkanes) is 2. The number of carboxylic acid groups (broad SMARTS) is 2. The van der Waals surface area contributed by atoms with Crippen LogP contribution in [0.3, 0.4) is 0 Å². The molecule has 0 fully saturated rings. The third-order valence-electron chi connectivity index (χ3n) is 4.82. The molecule has 12 nitrogen and oxygen atoms in total. The summed E-state index contributed by atoms with van der Waals surface area (Å²) in [7, 11) is 0. The average molecular weight is 539 g/mol. The molecule has 3 N–H and O–H groups in total. The van der Waals surface area contributed by atoms with Crippen LogP contribution in [0, 0.1) is 11.8 Å². The number of nitrogens with zero attached hydrogens (tertiary/aromatic N) is 2. The molecule has 0 heterocycles. The van der Waals surface area contributed by atoms with Crippen molar-refractivity contribution >= 4 is 36.3 Å². The second-order valence-corrected chi connectivity index (χ2v) is 9.20. The molecule has 0 aliphatic carbocycles. The van der Waals surface area contributed by atoms with E-state index < -0.39 is 35.8 Å². The van der Waals surface area contributed by atoms with Gasteiger partial charge < -0.3 is 15.0 Å². The smallest absolute Gasteiger partial charge is 0.548 e. The maximum Gasteiger partial charge on any atom is 1.00 e. The van der Waals surface area contributed by atoms with E-state index in [2.05, 4.69) is 10.9 Å². The summed E-state index contributed by atoms with van der Waals surface area (Å²) in [6.45, 7) is 12.1. The number of hydrazine groups is 2. The first-order chi connectivity index (χ1) is 16.8. The molecule has 0 spiro atoms. The van der Waals surface area contributed by atoms with E-state index in [0.29, 0.717) is 38.8 Å². The van der Waals surface area contributed by atoms with Crippen LogP contribution >= 0.6 is 0 Å². The molecule has 13 heteroatoms. The first kappa shape index (κ1) is 39.6. The number of hydrogen-bond acceptors (Lipinski definition) is 9. The van der Waals surface area contributed by atoms with Crippen molar-refractivity contribution in [1.29, 1.82) is 0 Å². The minimum Gasteiger partial charge on any atom is -0.548 e. The Morgan fingerprint density at radius 1 is 0.784 bits per heavy atom. The Labute approximate surface area is 242 Å². The number of carbonyl (C=O) groups excluding carboxylic acids is 5. The molecule has 0 saturated heterocycles. The zero-order valence-electron chi connectivity index (χ0n) is 23.3. The predicted octanol–water partition coefficient (Wildman–Crippen LogP) is -2.69. The second-order valence-electron chi connectivity index (χ2n) is 9.20. The molecule has 0 radical (unpaired) electrons. The minimum absolute atomic E-state index is 0. The molecule has 0 bridgehead atoms. The molecule has 0 rings (SSSR count). The van der Waals surface area contributed by atoms with Crippen LogP contribution in [0.5, 0.6) is 0 Å². The van der Waals surface area contributed by atoms with Crippen molar-refractivity contribution in [3.63, 3.8) is 0 Å². The molecule has 0 unspecified atom stereocenters. The average Bonchev–Trinajstić information content (AvgIpc) is 2.81. The van der Waals surface area contributed by atoms with Crippen LogP contribution in [-0.2, 0) is 28.8 Å². The van der Waals surface area contributed by atoms with Gasteiger partial charge in [0.15, 0.2) is 0 Å². The van der Waals surface area contributed by atoms with Crippen molar-refractivity contribution in [2.24, 2.45) is 11.8 Å². The monoisotopic (exact) mass is 538 g/mol. The van der Waals surface area contributed by atoms with Gasteiger partial charge in [-0.05, 0) is 37.5 Å². The molecule has 37 heavy (non-hydrogen) atoms. The Balaban J connectivity index is -0.000000608. The van der Waals surface area contributed by atoms with E-state index in [9.17, 15) is 33.9 Å². The normalized spacial score (nSPS) is 11.9. The van der Waals surface area contributed by atoms with Gasteiger partial charge in [-0.15, -0.1) is 0 Å². The van der Waals surface area contributed by atoms with Crippen LogP contribution in [-0.4, -0.2) is 76.6 Å². The van der Waals surface area contributed by atoms with Gasteiger partial charge in [-0.1, -0.05) is 54.4 Å². The van der Waals surface area contributed by atoms with Crippen LogP contribution in [0.25, 0.3) is 0 Å². The summed E-state index contributed by atoms with van der Waals surface area (Å²) >= 11 is 0. The van der Waals surface area contributed by atoms with E-state index in [1.807, 2.05) is 41.5 Å². The number of amides is 2. The number of hydrogen-bond donors (Lipinski definition) is 3. The fraction of sp³-hybridized carbons (Fsp3) is 0.750. The Hall–Kier alpha value is -1.86. The molecule has 0 aromatic heterocycles. The molecule has 0 aliphatic rings. The van der Waals surface area contributed by atoms with Gasteiger partial charge in [-0.3, -0.25) is 34.0 Å². The first-order valence-corrected chi connectivity index (χ1v) is 12.3. The maximum absolute atomic E-state index is 11.4. The standard InChI is InChI=1S/2C12H22N2O4.Na/c2*1-4-5-6-14(11(16)8-15)13-10(12(17)18)7-9(2)3;/h2*8-10,13H,4-7H2,1-3H3,(H,17,18);/q;;+1/p-1/t2*10-;/m00./s1. The van der Waals surface area contributed by atoms with Crippen molar-refractivity contribution in [1.82, 2.24) is 20.9 Å². The largest absolute Gasteiger partial charge is 1.00 e. The summed E-state index contributed by atoms with van der Waals surface area (Å²) < 4.78 is 0. The maximum atomic E-state index is 11.4. The van der Waals surface area contributed by atoms with Gasteiger partial charge in [0.2, 0.25) is 12.6 Å². The van der Waals surface area contributed by atoms with Crippen LogP contribution < -0.4 is 45.5 Å². The van der Waals surface area contributed by atoms with E-state index in [4.69, 9.17) is 5.11 Å². The van der Waals surface area contributed by atoms with E-state index in [1.54, 1.807) is 0 Å². The molecule has 0 aromatic rings. The molecule has 2 atom stereocenters.